The predicted molar refractivity (Wildman–Crippen MR) is 59.6 cm³/mol. The van der Waals surface area contributed by atoms with Crippen molar-refractivity contribution in [2.45, 2.75) is 45.4 Å². The third kappa shape index (κ3) is 1.48. The zero-order valence-corrected chi connectivity index (χ0v) is 9.19. The fourth-order valence-corrected chi connectivity index (χ4v) is 2.76. The maximum absolute atomic E-state index is 5.62. The molecular weight excluding hydrogens is 172 g/mol. The van der Waals surface area contributed by atoms with Gasteiger partial charge in [0.2, 0.25) is 0 Å². The molecule has 0 spiro atoms. The highest BCUT2D eigenvalue weighted by Gasteiger charge is 2.22. The summed E-state index contributed by atoms with van der Waals surface area (Å²) in [6.45, 7) is 5.28. The van der Waals surface area contributed by atoms with Gasteiger partial charge < -0.3 is 10.7 Å². The third-order valence-corrected chi connectivity index (χ3v) is 3.38. The summed E-state index contributed by atoms with van der Waals surface area (Å²) in [5.74, 6) is 0.623. The van der Waals surface area contributed by atoms with Crippen molar-refractivity contribution in [2.75, 3.05) is 6.54 Å². The molecule has 2 nitrogen and oxygen atoms in total. The molecule has 0 aromatic carbocycles. The van der Waals surface area contributed by atoms with Crippen LogP contribution >= 0.6 is 0 Å². The van der Waals surface area contributed by atoms with Crippen LogP contribution in [0.5, 0.6) is 0 Å². The number of hydrogen-bond acceptors (Lipinski definition) is 1. The third-order valence-electron chi connectivity index (χ3n) is 3.38. The molecule has 1 aliphatic carbocycles. The van der Waals surface area contributed by atoms with Crippen molar-refractivity contribution >= 4 is 0 Å². The summed E-state index contributed by atoms with van der Waals surface area (Å²) in [4.78, 5) is 3.52. The molecule has 0 amide bonds. The standard InChI is InChI=1S/C12H20N2/c1-8(6-7-13)12-9(2)14-11-5-3-4-10(11)12/h8,14H,3-7,13H2,1-2H3. The molecule has 2 rings (SSSR count). The van der Waals surface area contributed by atoms with Gasteiger partial charge in [0.05, 0.1) is 0 Å². The van der Waals surface area contributed by atoms with Crippen LogP contribution in [0.4, 0.5) is 0 Å². The van der Waals surface area contributed by atoms with Crippen molar-refractivity contribution in [3.05, 3.63) is 22.5 Å². The number of rotatable bonds is 3. The number of aromatic amines is 1. The normalized spacial score (nSPS) is 17.1. The maximum atomic E-state index is 5.62. The smallest absolute Gasteiger partial charge is 0.0184 e. The van der Waals surface area contributed by atoms with Crippen LogP contribution in [0.15, 0.2) is 0 Å². The van der Waals surface area contributed by atoms with Crippen molar-refractivity contribution in [3.8, 4) is 0 Å². The summed E-state index contributed by atoms with van der Waals surface area (Å²) in [5.41, 5.74) is 11.6. The van der Waals surface area contributed by atoms with Gasteiger partial charge in [-0.1, -0.05) is 6.92 Å². The van der Waals surface area contributed by atoms with Crippen LogP contribution in [0.1, 0.15) is 48.2 Å². The minimum absolute atomic E-state index is 0.623. The molecule has 0 fully saturated rings. The Hall–Kier alpha value is -0.760. The fraction of sp³-hybridized carbons (Fsp3) is 0.667. The highest BCUT2D eigenvalue weighted by molar-refractivity contribution is 5.41. The first kappa shape index (κ1) is 9.78. The van der Waals surface area contributed by atoms with E-state index in [0.29, 0.717) is 5.92 Å². The quantitative estimate of drug-likeness (QED) is 0.758. The van der Waals surface area contributed by atoms with Crippen molar-refractivity contribution in [3.63, 3.8) is 0 Å². The van der Waals surface area contributed by atoms with E-state index in [-0.39, 0.29) is 0 Å². The summed E-state index contributed by atoms with van der Waals surface area (Å²) < 4.78 is 0. The molecule has 0 radical (unpaired) electrons. The van der Waals surface area contributed by atoms with Crippen LogP contribution in [0.25, 0.3) is 0 Å². The molecule has 1 aromatic heterocycles. The van der Waals surface area contributed by atoms with Gasteiger partial charge in [-0.15, -0.1) is 0 Å². The molecule has 1 atom stereocenters. The Morgan fingerprint density at radius 3 is 2.93 bits per heavy atom. The van der Waals surface area contributed by atoms with Crippen LogP contribution in [-0.4, -0.2) is 11.5 Å². The van der Waals surface area contributed by atoms with Crippen LogP contribution in [0.2, 0.25) is 0 Å². The zero-order valence-electron chi connectivity index (χ0n) is 9.19. The monoisotopic (exact) mass is 192 g/mol. The lowest BCUT2D eigenvalue weighted by Gasteiger charge is -2.12. The molecule has 0 bridgehead atoms. The van der Waals surface area contributed by atoms with E-state index < -0.39 is 0 Å². The Morgan fingerprint density at radius 2 is 2.21 bits per heavy atom. The average Bonchev–Trinajstić information content (AvgIpc) is 2.63. The van der Waals surface area contributed by atoms with Crippen LogP contribution in [0.3, 0.4) is 0 Å². The molecule has 0 saturated carbocycles. The van der Waals surface area contributed by atoms with Gasteiger partial charge in [0.15, 0.2) is 0 Å². The van der Waals surface area contributed by atoms with Crippen LogP contribution < -0.4 is 5.73 Å². The maximum Gasteiger partial charge on any atom is 0.0184 e. The number of nitrogens with two attached hydrogens (primary N) is 1. The number of aromatic nitrogens is 1. The first-order valence-electron chi connectivity index (χ1n) is 5.64. The van der Waals surface area contributed by atoms with E-state index in [4.69, 9.17) is 5.73 Å². The van der Waals surface area contributed by atoms with E-state index in [1.165, 1.54) is 30.7 Å². The minimum atomic E-state index is 0.623. The Kier molecular flexibility index (Phi) is 2.64. The lowest BCUT2D eigenvalue weighted by atomic mass is 9.93. The van der Waals surface area contributed by atoms with Crippen molar-refractivity contribution in [1.82, 2.24) is 4.98 Å². The second kappa shape index (κ2) is 3.77. The number of H-pyrrole nitrogens is 1. The number of hydrogen-bond donors (Lipinski definition) is 2. The van der Waals surface area contributed by atoms with Crippen LogP contribution in [0, 0.1) is 6.92 Å². The van der Waals surface area contributed by atoms with Gasteiger partial charge in [0.1, 0.15) is 0 Å². The van der Waals surface area contributed by atoms with Gasteiger partial charge in [-0.25, -0.2) is 0 Å². The van der Waals surface area contributed by atoms with Crippen molar-refractivity contribution < 1.29 is 0 Å². The van der Waals surface area contributed by atoms with Gasteiger partial charge >= 0.3 is 0 Å². The SMILES string of the molecule is Cc1[nH]c2c(c1C(C)CCN)CCC2. The van der Waals surface area contributed by atoms with E-state index in [2.05, 4.69) is 18.8 Å². The van der Waals surface area contributed by atoms with E-state index in [1.54, 1.807) is 11.1 Å². The molecule has 14 heavy (non-hydrogen) atoms. The van der Waals surface area contributed by atoms with E-state index in [1.807, 2.05) is 0 Å². The first-order chi connectivity index (χ1) is 6.74. The average molecular weight is 192 g/mol. The van der Waals surface area contributed by atoms with Crippen molar-refractivity contribution in [1.29, 1.82) is 0 Å². The fourth-order valence-electron chi connectivity index (χ4n) is 2.76. The molecule has 0 saturated heterocycles. The Morgan fingerprint density at radius 1 is 1.43 bits per heavy atom. The van der Waals surface area contributed by atoms with Gasteiger partial charge in [-0.05, 0) is 56.2 Å². The summed E-state index contributed by atoms with van der Waals surface area (Å²) in [5, 5.41) is 0. The molecule has 78 valence electrons. The van der Waals surface area contributed by atoms with E-state index >= 15 is 0 Å². The number of aryl methyl sites for hydroxylation is 2. The molecule has 1 aliphatic rings. The van der Waals surface area contributed by atoms with E-state index in [9.17, 15) is 0 Å². The second-order valence-corrected chi connectivity index (χ2v) is 4.45. The molecule has 2 heteroatoms. The Labute approximate surface area is 85.9 Å². The Bertz CT molecular complexity index is 325. The molecule has 3 N–H and O–H groups in total. The summed E-state index contributed by atoms with van der Waals surface area (Å²) in [7, 11) is 0. The molecule has 1 unspecified atom stereocenters. The van der Waals surface area contributed by atoms with Crippen molar-refractivity contribution in [2.24, 2.45) is 5.73 Å². The zero-order chi connectivity index (χ0) is 10.1. The first-order valence-corrected chi connectivity index (χ1v) is 5.64. The van der Waals surface area contributed by atoms with Crippen LogP contribution in [-0.2, 0) is 12.8 Å². The largest absolute Gasteiger partial charge is 0.362 e. The van der Waals surface area contributed by atoms with Gasteiger partial charge in [0.25, 0.3) is 0 Å². The van der Waals surface area contributed by atoms with E-state index in [0.717, 1.165) is 13.0 Å². The van der Waals surface area contributed by atoms with Gasteiger partial charge in [-0.3, -0.25) is 0 Å². The molecule has 1 heterocycles. The summed E-state index contributed by atoms with van der Waals surface area (Å²) in [6.07, 6.45) is 4.93. The molecular formula is C12H20N2. The lowest BCUT2D eigenvalue weighted by molar-refractivity contribution is 0.679. The van der Waals surface area contributed by atoms with Gasteiger partial charge in [0, 0.05) is 11.4 Å². The predicted octanol–water partition coefficient (Wildman–Crippen LogP) is 2.26. The summed E-state index contributed by atoms with van der Waals surface area (Å²) >= 11 is 0. The highest BCUT2D eigenvalue weighted by atomic mass is 14.7. The number of nitrogens with one attached hydrogen (secondary N) is 1. The summed E-state index contributed by atoms with van der Waals surface area (Å²) in [6, 6.07) is 0. The topological polar surface area (TPSA) is 41.8 Å². The van der Waals surface area contributed by atoms with Gasteiger partial charge in [-0.2, -0.15) is 0 Å². The Balaban J connectivity index is 2.32. The minimum Gasteiger partial charge on any atom is -0.362 e. The molecule has 1 aromatic rings. The highest BCUT2D eigenvalue weighted by Crippen LogP contribution is 2.33. The number of fused-ring (bicyclic) bond motifs is 1. The molecule has 0 aliphatic heterocycles. The lowest BCUT2D eigenvalue weighted by Crippen LogP contribution is -2.06. The second-order valence-electron chi connectivity index (χ2n) is 4.45.